The summed E-state index contributed by atoms with van der Waals surface area (Å²) in [5.74, 6) is -1.00. The Balaban J connectivity index is 2.41. The molecule has 0 amide bonds. The topological polar surface area (TPSA) is 37.4 Å². The normalized spacial score (nSPS) is 12.0. The van der Waals surface area contributed by atoms with Crippen LogP contribution in [0.25, 0.3) is 0 Å². The van der Waals surface area contributed by atoms with Crippen molar-refractivity contribution in [3.63, 3.8) is 0 Å². The van der Waals surface area contributed by atoms with Gasteiger partial charge in [-0.3, -0.25) is 0 Å². The monoisotopic (exact) mass is 367 g/mol. The molecule has 2 aromatic rings. The van der Waals surface area contributed by atoms with Gasteiger partial charge in [-0.2, -0.15) is 4.31 Å². The van der Waals surface area contributed by atoms with Crippen LogP contribution in [0, 0.1) is 5.82 Å². The maximum absolute atomic E-state index is 14.2. The van der Waals surface area contributed by atoms with Crippen LogP contribution in [-0.4, -0.2) is 19.8 Å². The fraction of sp³-hybridized carbons (Fsp3) is 0.231. The highest BCUT2D eigenvalue weighted by Gasteiger charge is 2.27. The van der Waals surface area contributed by atoms with E-state index in [1.807, 2.05) is 17.5 Å². The molecule has 0 radical (unpaired) electrons. The maximum atomic E-state index is 14.2. The van der Waals surface area contributed by atoms with Gasteiger partial charge in [0.05, 0.1) is 5.88 Å². The zero-order chi connectivity index (χ0) is 15.6. The van der Waals surface area contributed by atoms with Crippen LogP contribution in [0.4, 0.5) is 4.39 Å². The lowest BCUT2D eigenvalue weighted by molar-refractivity contribution is 0.462. The van der Waals surface area contributed by atoms with E-state index in [2.05, 4.69) is 0 Å². The molecule has 0 aliphatic heterocycles. The van der Waals surface area contributed by atoms with Gasteiger partial charge in [-0.15, -0.1) is 22.9 Å². The Morgan fingerprint density at radius 3 is 2.67 bits per heavy atom. The highest BCUT2D eigenvalue weighted by molar-refractivity contribution is 7.89. The number of benzene rings is 1. The Morgan fingerprint density at radius 2 is 2.10 bits per heavy atom. The van der Waals surface area contributed by atoms with Crippen LogP contribution in [0.1, 0.15) is 10.4 Å². The SMILES string of the molecule is CN(Cc1cccs1)S(=O)(=O)c1cc(Cl)cc(CCl)c1F. The molecule has 3 nitrogen and oxygen atoms in total. The molecule has 0 aliphatic carbocycles. The van der Waals surface area contributed by atoms with Crippen LogP contribution in [-0.2, 0) is 22.4 Å². The van der Waals surface area contributed by atoms with Crippen molar-refractivity contribution in [1.82, 2.24) is 4.31 Å². The summed E-state index contributed by atoms with van der Waals surface area (Å²) >= 11 is 12.9. The van der Waals surface area contributed by atoms with Crippen LogP contribution < -0.4 is 0 Å². The van der Waals surface area contributed by atoms with Crippen molar-refractivity contribution in [3.8, 4) is 0 Å². The largest absolute Gasteiger partial charge is 0.246 e. The number of alkyl halides is 1. The van der Waals surface area contributed by atoms with Crippen molar-refractivity contribution in [3.05, 3.63) is 50.9 Å². The summed E-state index contributed by atoms with van der Waals surface area (Å²) in [4.78, 5) is 0.408. The van der Waals surface area contributed by atoms with Crippen molar-refractivity contribution in [1.29, 1.82) is 0 Å². The third-order valence-electron chi connectivity index (χ3n) is 2.87. The predicted octanol–water partition coefficient (Wildman–Crippen LogP) is 4.10. The fourth-order valence-electron chi connectivity index (χ4n) is 1.78. The minimum atomic E-state index is -3.98. The minimum Gasteiger partial charge on any atom is -0.207 e. The summed E-state index contributed by atoms with van der Waals surface area (Å²) in [5.41, 5.74) is 0.0623. The first kappa shape index (κ1) is 16.7. The van der Waals surface area contributed by atoms with Crippen molar-refractivity contribution in [2.24, 2.45) is 0 Å². The van der Waals surface area contributed by atoms with E-state index in [0.717, 1.165) is 15.2 Å². The first-order valence-corrected chi connectivity index (χ1v) is 9.12. The van der Waals surface area contributed by atoms with Crippen LogP contribution >= 0.6 is 34.5 Å². The van der Waals surface area contributed by atoms with E-state index < -0.39 is 20.7 Å². The lowest BCUT2D eigenvalue weighted by Gasteiger charge is -2.18. The van der Waals surface area contributed by atoms with Crippen molar-refractivity contribution >= 4 is 44.6 Å². The maximum Gasteiger partial charge on any atom is 0.246 e. The molecule has 2 rings (SSSR count). The second-order valence-corrected chi connectivity index (χ2v) is 8.10. The predicted molar refractivity (Wildman–Crippen MR) is 83.9 cm³/mol. The van der Waals surface area contributed by atoms with Crippen LogP contribution in [0.5, 0.6) is 0 Å². The Hall–Kier alpha value is -0.660. The number of halogens is 3. The van der Waals surface area contributed by atoms with Gasteiger partial charge >= 0.3 is 0 Å². The highest BCUT2D eigenvalue weighted by Crippen LogP contribution is 2.27. The number of sulfonamides is 1. The van der Waals surface area contributed by atoms with Gasteiger partial charge in [0.15, 0.2) is 0 Å². The molecule has 0 fully saturated rings. The first-order chi connectivity index (χ1) is 9.86. The average molecular weight is 368 g/mol. The Morgan fingerprint density at radius 1 is 1.38 bits per heavy atom. The molecule has 1 aromatic carbocycles. The van der Waals surface area contributed by atoms with E-state index in [9.17, 15) is 12.8 Å². The van der Waals surface area contributed by atoms with Gasteiger partial charge < -0.3 is 0 Å². The average Bonchev–Trinajstić information content (AvgIpc) is 2.93. The number of thiophene rings is 1. The lowest BCUT2D eigenvalue weighted by atomic mass is 10.2. The van der Waals surface area contributed by atoms with Gasteiger partial charge in [0.2, 0.25) is 10.0 Å². The molecular weight excluding hydrogens is 356 g/mol. The van der Waals surface area contributed by atoms with Crippen molar-refractivity contribution in [2.75, 3.05) is 7.05 Å². The second kappa shape index (κ2) is 6.62. The summed E-state index contributed by atoms with van der Waals surface area (Å²) < 4.78 is 40.3. The molecule has 0 aliphatic rings. The zero-order valence-corrected chi connectivity index (χ0v) is 14.2. The second-order valence-electron chi connectivity index (χ2n) is 4.35. The van der Waals surface area contributed by atoms with E-state index >= 15 is 0 Å². The standard InChI is InChI=1S/C13H12Cl2FNO2S2/c1-17(8-11-3-2-4-20-11)21(18,19)12-6-10(15)5-9(7-14)13(12)16/h2-6H,7-8H2,1H3. The molecule has 0 saturated carbocycles. The number of nitrogens with zero attached hydrogens (tertiary/aromatic N) is 1. The van der Waals surface area contributed by atoms with Gasteiger partial charge in [-0.1, -0.05) is 17.7 Å². The van der Waals surface area contributed by atoms with Crippen molar-refractivity contribution < 1.29 is 12.8 Å². The molecule has 8 heteroatoms. The summed E-state index contributed by atoms with van der Waals surface area (Å²) in [6.45, 7) is 0.169. The van der Waals surface area contributed by atoms with Gasteiger partial charge in [-0.05, 0) is 23.6 Å². The highest BCUT2D eigenvalue weighted by atomic mass is 35.5. The summed E-state index contributed by atoms with van der Waals surface area (Å²) in [6.07, 6.45) is 0. The number of hydrogen-bond donors (Lipinski definition) is 0. The van der Waals surface area contributed by atoms with E-state index in [0.29, 0.717) is 0 Å². The molecule has 1 aromatic heterocycles. The third kappa shape index (κ3) is 3.57. The molecule has 0 N–H and O–H groups in total. The van der Waals surface area contributed by atoms with E-state index in [-0.39, 0.29) is 23.0 Å². The fourth-order valence-corrected chi connectivity index (χ4v) is 4.40. The van der Waals surface area contributed by atoms with Crippen LogP contribution in [0.15, 0.2) is 34.5 Å². The Labute approximate surface area is 137 Å². The Bertz CT molecular complexity index is 733. The lowest BCUT2D eigenvalue weighted by Crippen LogP contribution is -2.27. The zero-order valence-electron chi connectivity index (χ0n) is 11.0. The molecule has 1 heterocycles. The van der Waals surface area contributed by atoms with Gasteiger partial charge in [0, 0.05) is 29.1 Å². The molecule has 0 spiro atoms. The van der Waals surface area contributed by atoms with E-state index in [1.54, 1.807) is 0 Å². The van der Waals surface area contributed by atoms with Gasteiger partial charge in [0.1, 0.15) is 10.7 Å². The quantitative estimate of drug-likeness (QED) is 0.746. The van der Waals surface area contributed by atoms with Gasteiger partial charge in [-0.25, -0.2) is 12.8 Å². The third-order valence-corrected chi connectivity index (χ3v) is 6.04. The van der Waals surface area contributed by atoms with E-state index in [4.69, 9.17) is 23.2 Å². The molecule has 0 saturated heterocycles. The summed E-state index contributed by atoms with van der Waals surface area (Å²) in [7, 11) is -2.58. The molecule has 0 bridgehead atoms. The Kier molecular flexibility index (Phi) is 5.27. The first-order valence-electron chi connectivity index (χ1n) is 5.89. The minimum absolute atomic E-state index is 0.0623. The van der Waals surface area contributed by atoms with Gasteiger partial charge in [0.25, 0.3) is 0 Å². The smallest absolute Gasteiger partial charge is 0.207 e. The molecule has 21 heavy (non-hydrogen) atoms. The number of hydrogen-bond acceptors (Lipinski definition) is 3. The van der Waals surface area contributed by atoms with Crippen LogP contribution in [0.2, 0.25) is 5.02 Å². The molecule has 114 valence electrons. The van der Waals surface area contributed by atoms with Crippen LogP contribution in [0.3, 0.4) is 0 Å². The molecule has 0 atom stereocenters. The molecular formula is C13H12Cl2FNO2S2. The van der Waals surface area contributed by atoms with Crippen molar-refractivity contribution in [2.45, 2.75) is 17.3 Å². The summed E-state index contributed by atoms with van der Waals surface area (Å²) in [5, 5.41) is 1.98. The number of rotatable bonds is 5. The summed E-state index contributed by atoms with van der Waals surface area (Å²) in [6, 6.07) is 6.07. The van der Waals surface area contributed by atoms with E-state index in [1.165, 1.54) is 24.5 Å². The molecule has 0 unspecified atom stereocenters.